The Hall–Kier alpha value is -1.58. The number of rotatable bonds is 4. The van der Waals surface area contributed by atoms with Gasteiger partial charge in [0.2, 0.25) is 5.91 Å². The van der Waals surface area contributed by atoms with Crippen LogP contribution in [0, 0.1) is 0 Å². The molecule has 0 aliphatic carbocycles. The molecule has 16 heavy (non-hydrogen) atoms. The molecular formula is C12H19N3O. The molecule has 4 heteroatoms. The molecule has 1 N–H and O–H groups in total. The van der Waals surface area contributed by atoms with E-state index < -0.39 is 0 Å². The van der Waals surface area contributed by atoms with Crippen molar-refractivity contribution < 1.29 is 4.79 Å². The third kappa shape index (κ3) is 3.22. The van der Waals surface area contributed by atoms with Gasteiger partial charge in [0.1, 0.15) is 5.82 Å². The van der Waals surface area contributed by atoms with Gasteiger partial charge in [-0.2, -0.15) is 0 Å². The van der Waals surface area contributed by atoms with Crippen LogP contribution in [0.2, 0.25) is 0 Å². The van der Waals surface area contributed by atoms with Gasteiger partial charge < -0.3 is 10.2 Å². The monoisotopic (exact) mass is 221 g/mol. The number of anilines is 1. The van der Waals surface area contributed by atoms with Crippen molar-refractivity contribution in [3.8, 4) is 0 Å². The molecule has 1 rings (SSSR count). The molecular weight excluding hydrogens is 202 g/mol. The molecule has 4 nitrogen and oxygen atoms in total. The Labute approximate surface area is 96.7 Å². The second-order valence-electron chi connectivity index (χ2n) is 4.13. The predicted molar refractivity (Wildman–Crippen MR) is 65.7 cm³/mol. The van der Waals surface area contributed by atoms with Gasteiger partial charge in [0.05, 0.1) is 6.54 Å². The molecule has 0 fully saturated rings. The van der Waals surface area contributed by atoms with E-state index in [0.29, 0.717) is 12.5 Å². The summed E-state index contributed by atoms with van der Waals surface area (Å²) in [4.78, 5) is 17.3. The smallest absolute Gasteiger partial charge is 0.239 e. The third-order valence-corrected chi connectivity index (χ3v) is 2.49. The maximum atomic E-state index is 11.2. The van der Waals surface area contributed by atoms with Crippen LogP contribution < -0.4 is 10.2 Å². The van der Waals surface area contributed by atoms with Crippen LogP contribution in [0.25, 0.3) is 0 Å². The summed E-state index contributed by atoms with van der Waals surface area (Å²) in [6.07, 6.45) is 1.78. The average Bonchev–Trinajstić information content (AvgIpc) is 2.28. The third-order valence-electron chi connectivity index (χ3n) is 2.49. The van der Waals surface area contributed by atoms with Crippen molar-refractivity contribution in [3.05, 3.63) is 23.9 Å². The molecule has 1 amide bonds. The zero-order chi connectivity index (χ0) is 12.1. The van der Waals surface area contributed by atoms with Gasteiger partial charge in [0.25, 0.3) is 0 Å². The lowest BCUT2D eigenvalue weighted by Crippen LogP contribution is -2.33. The van der Waals surface area contributed by atoms with Crippen LogP contribution in [0.15, 0.2) is 18.3 Å². The SMILES string of the molecule is CNC(=O)CN(C)c1cc(C(C)C)ccn1. The first kappa shape index (κ1) is 12.5. The van der Waals surface area contributed by atoms with Crippen LogP contribution in [0.5, 0.6) is 0 Å². The van der Waals surface area contributed by atoms with Crippen molar-refractivity contribution in [3.63, 3.8) is 0 Å². The summed E-state index contributed by atoms with van der Waals surface area (Å²) in [5, 5.41) is 2.59. The molecule has 0 atom stereocenters. The van der Waals surface area contributed by atoms with E-state index in [0.717, 1.165) is 5.82 Å². The second-order valence-corrected chi connectivity index (χ2v) is 4.13. The van der Waals surface area contributed by atoms with Gasteiger partial charge in [-0.15, -0.1) is 0 Å². The average molecular weight is 221 g/mol. The van der Waals surface area contributed by atoms with Gasteiger partial charge in [0, 0.05) is 20.3 Å². The lowest BCUT2D eigenvalue weighted by Gasteiger charge is -2.18. The van der Waals surface area contributed by atoms with Crippen molar-refractivity contribution in [2.75, 3.05) is 25.5 Å². The molecule has 1 heterocycles. The van der Waals surface area contributed by atoms with Gasteiger partial charge in [-0.05, 0) is 23.6 Å². The number of nitrogens with one attached hydrogen (secondary N) is 1. The number of aromatic nitrogens is 1. The zero-order valence-corrected chi connectivity index (χ0v) is 10.3. The summed E-state index contributed by atoms with van der Waals surface area (Å²) < 4.78 is 0. The van der Waals surface area contributed by atoms with Crippen LogP contribution in [0.1, 0.15) is 25.3 Å². The summed E-state index contributed by atoms with van der Waals surface area (Å²) in [6, 6.07) is 4.02. The van der Waals surface area contributed by atoms with E-state index in [2.05, 4.69) is 24.1 Å². The molecule has 0 aliphatic heterocycles. The van der Waals surface area contributed by atoms with E-state index in [1.54, 1.807) is 13.2 Å². The van der Waals surface area contributed by atoms with E-state index in [9.17, 15) is 4.79 Å². The molecule has 0 bridgehead atoms. The first-order valence-electron chi connectivity index (χ1n) is 5.42. The zero-order valence-electron chi connectivity index (χ0n) is 10.3. The molecule has 1 aromatic rings. The molecule has 88 valence electrons. The van der Waals surface area contributed by atoms with Crippen LogP contribution in [-0.2, 0) is 4.79 Å². The molecule has 0 unspecified atom stereocenters. The molecule has 0 saturated heterocycles. The Morgan fingerprint density at radius 2 is 2.25 bits per heavy atom. The van der Waals surface area contributed by atoms with Crippen LogP contribution in [0.4, 0.5) is 5.82 Å². The number of hydrogen-bond donors (Lipinski definition) is 1. The highest BCUT2D eigenvalue weighted by atomic mass is 16.1. The molecule has 1 aromatic heterocycles. The normalized spacial score (nSPS) is 10.3. The van der Waals surface area contributed by atoms with Crippen molar-refractivity contribution >= 4 is 11.7 Å². The summed E-state index contributed by atoms with van der Waals surface area (Å²) in [7, 11) is 3.50. The topological polar surface area (TPSA) is 45.2 Å². The maximum Gasteiger partial charge on any atom is 0.239 e. The number of pyridine rings is 1. The van der Waals surface area contributed by atoms with Crippen molar-refractivity contribution in [1.82, 2.24) is 10.3 Å². The van der Waals surface area contributed by atoms with Crippen molar-refractivity contribution in [2.45, 2.75) is 19.8 Å². The maximum absolute atomic E-state index is 11.2. The van der Waals surface area contributed by atoms with E-state index in [1.165, 1.54) is 5.56 Å². The van der Waals surface area contributed by atoms with E-state index >= 15 is 0 Å². The van der Waals surface area contributed by atoms with E-state index in [1.807, 2.05) is 24.1 Å². The number of likely N-dealkylation sites (N-methyl/N-ethyl adjacent to an activating group) is 2. The summed E-state index contributed by atoms with van der Waals surface area (Å²) in [5.41, 5.74) is 1.23. The fourth-order valence-electron chi connectivity index (χ4n) is 1.38. The minimum atomic E-state index is -0.0146. The molecule has 0 spiro atoms. The quantitative estimate of drug-likeness (QED) is 0.835. The first-order valence-corrected chi connectivity index (χ1v) is 5.42. The van der Waals surface area contributed by atoms with Gasteiger partial charge in [-0.25, -0.2) is 4.98 Å². The summed E-state index contributed by atoms with van der Waals surface area (Å²) in [6.45, 7) is 4.60. The van der Waals surface area contributed by atoms with Gasteiger partial charge in [0.15, 0.2) is 0 Å². The fraction of sp³-hybridized carbons (Fsp3) is 0.500. The minimum absolute atomic E-state index is 0.0146. The Bertz CT molecular complexity index is 363. The lowest BCUT2D eigenvalue weighted by molar-refractivity contribution is -0.119. The number of carbonyl (C=O) groups excluding carboxylic acids is 1. The molecule has 0 aliphatic rings. The Morgan fingerprint density at radius 3 is 2.81 bits per heavy atom. The summed E-state index contributed by atoms with van der Waals surface area (Å²) in [5.74, 6) is 1.28. The molecule has 0 radical (unpaired) electrons. The van der Waals surface area contributed by atoms with Crippen LogP contribution in [0.3, 0.4) is 0 Å². The van der Waals surface area contributed by atoms with Crippen molar-refractivity contribution in [1.29, 1.82) is 0 Å². The standard InChI is InChI=1S/C12H19N3O/c1-9(2)10-5-6-14-11(7-10)15(4)8-12(16)13-3/h5-7,9H,8H2,1-4H3,(H,13,16). The van der Waals surface area contributed by atoms with Crippen LogP contribution in [-0.4, -0.2) is 31.5 Å². The Balaban J connectivity index is 2.79. The highest BCUT2D eigenvalue weighted by Crippen LogP contribution is 2.18. The molecule has 0 aromatic carbocycles. The van der Waals surface area contributed by atoms with E-state index in [4.69, 9.17) is 0 Å². The number of carbonyl (C=O) groups is 1. The van der Waals surface area contributed by atoms with Crippen LogP contribution >= 0.6 is 0 Å². The Kier molecular flexibility index (Phi) is 4.28. The number of nitrogens with zero attached hydrogens (tertiary/aromatic N) is 2. The highest BCUT2D eigenvalue weighted by molar-refractivity contribution is 5.80. The largest absolute Gasteiger partial charge is 0.358 e. The number of hydrogen-bond acceptors (Lipinski definition) is 3. The Morgan fingerprint density at radius 1 is 1.56 bits per heavy atom. The van der Waals surface area contributed by atoms with Crippen molar-refractivity contribution in [2.24, 2.45) is 0 Å². The van der Waals surface area contributed by atoms with Gasteiger partial charge in [-0.3, -0.25) is 4.79 Å². The lowest BCUT2D eigenvalue weighted by atomic mass is 10.1. The van der Waals surface area contributed by atoms with Gasteiger partial charge >= 0.3 is 0 Å². The highest BCUT2D eigenvalue weighted by Gasteiger charge is 2.08. The summed E-state index contributed by atoms with van der Waals surface area (Å²) >= 11 is 0. The van der Waals surface area contributed by atoms with Gasteiger partial charge in [-0.1, -0.05) is 13.8 Å². The minimum Gasteiger partial charge on any atom is -0.358 e. The second kappa shape index (κ2) is 5.49. The van der Waals surface area contributed by atoms with E-state index in [-0.39, 0.29) is 5.91 Å². The first-order chi connectivity index (χ1) is 7.54. The fourth-order valence-corrected chi connectivity index (χ4v) is 1.38. The predicted octanol–water partition coefficient (Wildman–Crippen LogP) is 1.39. The number of amides is 1. The molecule has 0 saturated carbocycles.